The lowest BCUT2D eigenvalue weighted by atomic mass is 10.3. The quantitative estimate of drug-likeness (QED) is 0.739. The lowest BCUT2D eigenvalue weighted by molar-refractivity contribution is 0.205. The number of hydrogen-bond acceptors (Lipinski definition) is 3. The summed E-state index contributed by atoms with van der Waals surface area (Å²) in [6.07, 6.45) is 1.95. The maximum atomic E-state index is 11.8. The van der Waals surface area contributed by atoms with Crippen molar-refractivity contribution in [3.05, 3.63) is 30.3 Å². The minimum Gasteiger partial charge on any atom is -0.263 e. The van der Waals surface area contributed by atoms with Gasteiger partial charge in [0, 0.05) is 0 Å². The standard InChI is InChI=1S/C11H14O3S/c1-9(10-7-8-10)14-15(12,13)11-5-3-2-4-6-11/h2-6,9-10H,7-8H2,1H3. The van der Waals surface area contributed by atoms with Crippen molar-refractivity contribution < 1.29 is 12.6 Å². The molecule has 82 valence electrons. The Morgan fingerprint density at radius 3 is 2.40 bits per heavy atom. The van der Waals surface area contributed by atoms with Gasteiger partial charge in [-0.05, 0) is 37.8 Å². The summed E-state index contributed by atoms with van der Waals surface area (Å²) in [6.45, 7) is 1.82. The van der Waals surface area contributed by atoms with E-state index in [4.69, 9.17) is 4.18 Å². The third kappa shape index (κ3) is 2.58. The monoisotopic (exact) mass is 226 g/mol. The van der Waals surface area contributed by atoms with E-state index in [9.17, 15) is 8.42 Å². The Labute approximate surface area is 90.2 Å². The van der Waals surface area contributed by atoms with Crippen LogP contribution in [0.4, 0.5) is 0 Å². The SMILES string of the molecule is CC(OS(=O)(=O)c1ccccc1)C1CC1. The van der Waals surface area contributed by atoms with Gasteiger partial charge in [-0.25, -0.2) is 0 Å². The summed E-state index contributed by atoms with van der Waals surface area (Å²) in [6, 6.07) is 8.27. The van der Waals surface area contributed by atoms with Gasteiger partial charge in [-0.3, -0.25) is 4.18 Å². The molecule has 0 radical (unpaired) electrons. The first-order valence-electron chi connectivity index (χ1n) is 5.08. The number of hydrogen-bond donors (Lipinski definition) is 0. The van der Waals surface area contributed by atoms with Gasteiger partial charge in [0.2, 0.25) is 0 Å². The van der Waals surface area contributed by atoms with Crippen LogP contribution >= 0.6 is 0 Å². The molecule has 1 aliphatic carbocycles. The molecule has 0 saturated heterocycles. The minimum atomic E-state index is -3.56. The molecule has 1 atom stereocenters. The van der Waals surface area contributed by atoms with Crippen LogP contribution < -0.4 is 0 Å². The van der Waals surface area contributed by atoms with E-state index < -0.39 is 10.1 Å². The van der Waals surface area contributed by atoms with Crippen LogP contribution in [0.25, 0.3) is 0 Å². The molecule has 3 nitrogen and oxygen atoms in total. The topological polar surface area (TPSA) is 43.4 Å². The van der Waals surface area contributed by atoms with Crippen LogP contribution in [0.2, 0.25) is 0 Å². The molecule has 1 unspecified atom stereocenters. The van der Waals surface area contributed by atoms with Crippen molar-refractivity contribution in [3.63, 3.8) is 0 Å². The molecule has 0 aromatic heterocycles. The molecule has 0 bridgehead atoms. The summed E-state index contributed by atoms with van der Waals surface area (Å²) >= 11 is 0. The van der Waals surface area contributed by atoms with E-state index in [1.807, 2.05) is 6.92 Å². The van der Waals surface area contributed by atoms with Crippen LogP contribution in [0.3, 0.4) is 0 Å². The Hall–Kier alpha value is -0.870. The molecule has 1 fully saturated rings. The molecule has 4 heteroatoms. The van der Waals surface area contributed by atoms with Gasteiger partial charge >= 0.3 is 0 Å². The highest BCUT2D eigenvalue weighted by atomic mass is 32.2. The van der Waals surface area contributed by atoms with Crippen molar-refractivity contribution in [2.75, 3.05) is 0 Å². The highest BCUT2D eigenvalue weighted by Crippen LogP contribution is 2.35. The highest BCUT2D eigenvalue weighted by molar-refractivity contribution is 7.86. The molecule has 0 spiro atoms. The fourth-order valence-corrected chi connectivity index (χ4v) is 2.65. The summed E-state index contributed by atoms with van der Waals surface area (Å²) in [7, 11) is -3.56. The normalized spacial score (nSPS) is 18.7. The summed E-state index contributed by atoms with van der Waals surface area (Å²) < 4.78 is 28.6. The van der Waals surface area contributed by atoms with Gasteiger partial charge in [0.1, 0.15) is 0 Å². The van der Waals surface area contributed by atoms with E-state index in [2.05, 4.69) is 0 Å². The molecule has 1 aromatic rings. The zero-order valence-corrected chi connectivity index (χ0v) is 9.41. The van der Waals surface area contributed by atoms with Crippen molar-refractivity contribution in [3.8, 4) is 0 Å². The van der Waals surface area contributed by atoms with Gasteiger partial charge in [-0.15, -0.1) is 0 Å². The molecule has 0 amide bonds. The predicted molar refractivity (Wildman–Crippen MR) is 56.9 cm³/mol. The van der Waals surface area contributed by atoms with Gasteiger partial charge in [-0.1, -0.05) is 18.2 Å². The number of rotatable bonds is 4. The van der Waals surface area contributed by atoms with Crippen LogP contribution in [0.15, 0.2) is 35.2 Å². The first-order chi connectivity index (χ1) is 7.09. The largest absolute Gasteiger partial charge is 0.297 e. The summed E-state index contributed by atoms with van der Waals surface area (Å²) in [4.78, 5) is 0.234. The van der Waals surface area contributed by atoms with Gasteiger partial charge < -0.3 is 0 Å². The zero-order chi connectivity index (χ0) is 10.9. The molecule has 1 saturated carbocycles. The van der Waals surface area contributed by atoms with Gasteiger partial charge in [0.05, 0.1) is 11.0 Å². The van der Waals surface area contributed by atoms with E-state index in [-0.39, 0.29) is 11.0 Å². The highest BCUT2D eigenvalue weighted by Gasteiger charge is 2.32. The smallest absolute Gasteiger partial charge is 0.263 e. The molecular formula is C11H14O3S. The maximum absolute atomic E-state index is 11.8. The summed E-state index contributed by atoms with van der Waals surface area (Å²) in [5, 5.41) is 0. The summed E-state index contributed by atoms with van der Waals surface area (Å²) in [5.74, 6) is 0.420. The van der Waals surface area contributed by atoms with Crippen LogP contribution in [-0.4, -0.2) is 14.5 Å². The van der Waals surface area contributed by atoms with Crippen LogP contribution in [0.1, 0.15) is 19.8 Å². The first-order valence-corrected chi connectivity index (χ1v) is 6.49. The van der Waals surface area contributed by atoms with Crippen LogP contribution in [0.5, 0.6) is 0 Å². The molecule has 1 aliphatic rings. The van der Waals surface area contributed by atoms with Gasteiger partial charge in [-0.2, -0.15) is 8.42 Å². The Morgan fingerprint density at radius 1 is 1.27 bits per heavy atom. The second-order valence-corrected chi connectivity index (χ2v) is 5.48. The average molecular weight is 226 g/mol. The Bertz CT molecular complexity index is 420. The molecule has 15 heavy (non-hydrogen) atoms. The molecule has 1 aromatic carbocycles. The molecule has 2 rings (SSSR count). The van der Waals surface area contributed by atoms with E-state index in [1.54, 1.807) is 30.3 Å². The fourth-order valence-electron chi connectivity index (χ4n) is 1.49. The molecule has 0 N–H and O–H groups in total. The Balaban J connectivity index is 2.13. The first kappa shape index (κ1) is 10.6. The van der Waals surface area contributed by atoms with Crippen LogP contribution in [-0.2, 0) is 14.3 Å². The third-order valence-electron chi connectivity index (χ3n) is 2.60. The molecule has 0 heterocycles. The van der Waals surface area contributed by atoms with E-state index in [0.717, 1.165) is 12.8 Å². The van der Waals surface area contributed by atoms with E-state index in [0.29, 0.717) is 5.92 Å². The van der Waals surface area contributed by atoms with Crippen molar-refractivity contribution in [1.29, 1.82) is 0 Å². The fraction of sp³-hybridized carbons (Fsp3) is 0.455. The van der Waals surface area contributed by atoms with Crippen molar-refractivity contribution >= 4 is 10.1 Å². The van der Waals surface area contributed by atoms with Crippen molar-refractivity contribution in [2.45, 2.75) is 30.8 Å². The minimum absolute atomic E-state index is 0.199. The van der Waals surface area contributed by atoms with E-state index in [1.165, 1.54) is 0 Å². The van der Waals surface area contributed by atoms with Crippen molar-refractivity contribution in [2.24, 2.45) is 5.92 Å². The zero-order valence-electron chi connectivity index (χ0n) is 8.59. The predicted octanol–water partition coefficient (Wildman–Crippen LogP) is 2.19. The number of benzene rings is 1. The maximum Gasteiger partial charge on any atom is 0.297 e. The van der Waals surface area contributed by atoms with Gasteiger partial charge in [0.25, 0.3) is 10.1 Å². The third-order valence-corrected chi connectivity index (χ3v) is 4.00. The van der Waals surface area contributed by atoms with E-state index >= 15 is 0 Å². The second-order valence-electron chi connectivity index (χ2n) is 3.91. The summed E-state index contributed by atoms with van der Waals surface area (Å²) in [5.41, 5.74) is 0. The molecular weight excluding hydrogens is 212 g/mol. The van der Waals surface area contributed by atoms with Crippen molar-refractivity contribution in [1.82, 2.24) is 0 Å². The average Bonchev–Trinajstić information content (AvgIpc) is 3.01. The lowest BCUT2D eigenvalue weighted by Crippen LogP contribution is -2.17. The van der Waals surface area contributed by atoms with Gasteiger partial charge in [0.15, 0.2) is 0 Å². The Morgan fingerprint density at radius 2 is 1.87 bits per heavy atom. The second kappa shape index (κ2) is 3.94. The van der Waals surface area contributed by atoms with Crippen LogP contribution in [0, 0.1) is 5.92 Å². The molecule has 0 aliphatic heterocycles. The Kier molecular flexibility index (Phi) is 2.80. The lowest BCUT2D eigenvalue weighted by Gasteiger charge is -2.11.